The Morgan fingerprint density at radius 1 is 0.906 bits per heavy atom. The van der Waals surface area contributed by atoms with Crippen LogP contribution in [0.3, 0.4) is 0 Å². The monoisotopic (exact) mass is 431 g/mol. The Morgan fingerprint density at radius 3 is 2.19 bits per heavy atom. The van der Waals surface area contributed by atoms with E-state index in [1.807, 2.05) is 24.3 Å². The van der Waals surface area contributed by atoms with Crippen LogP contribution in [-0.4, -0.2) is 31.0 Å². The Kier molecular flexibility index (Phi) is 4.81. The number of rotatable bonds is 5. The lowest BCUT2D eigenvalue weighted by molar-refractivity contribution is -0.542. The molecule has 2 aliphatic rings. The van der Waals surface area contributed by atoms with Gasteiger partial charge in [0.15, 0.2) is 23.4 Å². The van der Waals surface area contributed by atoms with Crippen LogP contribution >= 0.6 is 0 Å². The van der Waals surface area contributed by atoms with E-state index < -0.39 is 24.0 Å². The predicted molar refractivity (Wildman–Crippen MR) is 116 cm³/mol. The molecule has 0 N–H and O–H groups in total. The lowest BCUT2D eigenvalue weighted by Crippen LogP contribution is -2.48. The summed E-state index contributed by atoms with van der Waals surface area (Å²) in [6.45, 7) is 0. The lowest BCUT2D eigenvalue weighted by atomic mass is 9.64. The van der Waals surface area contributed by atoms with Gasteiger partial charge in [0.2, 0.25) is 0 Å². The summed E-state index contributed by atoms with van der Waals surface area (Å²) in [6.07, 6.45) is -0.848. The van der Waals surface area contributed by atoms with Gasteiger partial charge in [-0.1, -0.05) is 48.5 Å². The smallest absolute Gasteiger partial charge is 0.261 e. The Labute approximate surface area is 184 Å². The van der Waals surface area contributed by atoms with Crippen LogP contribution in [0, 0.1) is 10.1 Å². The van der Waals surface area contributed by atoms with Crippen molar-refractivity contribution >= 4 is 5.78 Å². The van der Waals surface area contributed by atoms with Crippen molar-refractivity contribution in [3.05, 3.63) is 99.1 Å². The number of para-hydroxylation sites is 1. The third kappa shape index (κ3) is 2.92. The molecule has 0 unspecified atom stereocenters. The van der Waals surface area contributed by atoms with Crippen molar-refractivity contribution in [1.82, 2.24) is 0 Å². The maximum atomic E-state index is 13.9. The van der Waals surface area contributed by atoms with Crippen LogP contribution in [0.5, 0.6) is 17.2 Å². The van der Waals surface area contributed by atoms with Crippen LogP contribution in [0.25, 0.3) is 0 Å². The number of methoxy groups -OCH3 is 2. The number of carbonyl (C=O) groups excluding carboxylic acids is 1. The van der Waals surface area contributed by atoms with Gasteiger partial charge in [-0.05, 0) is 23.8 Å². The zero-order valence-electron chi connectivity index (χ0n) is 17.6. The SMILES string of the molecule is COc1cc2c(cc1OC)[C@@H](C(=O)c1ccccc1)[C@@H]1c3ccccc3O[C@H]2[C@@H]1[N+](=O)[O-]. The Bertz CT molecular complexity index is 1210. The van der Waals surface area contributed by atoms with Crippen molar-refractivity contribution in [2.45, 2.75) is 24.0 Å². The number of ether oxygens (including phenoxy) is 3. The van der Waals surface area contributed by atoms with Crippen LogP contribution in [0.4, 0.5) is 0 Å². The molecule has 1 aliphatic heterocycles. The van der Waals surface area contributed by atoms with E-state index in [1.165, 1.54) is 14.2 Å². The van der Waals surface area contributed by atoms with Crippen LogP contribution in [0.1, 0.15) is 45.0 Å². The standard InChI is InChI=1S/C25H21NO6/c1-30-19-12-16-17(13-20(19)31-2)25-23(26(28)29)21(15-10-6-7-11-18(15)32-25)22(16)24(27)14-8-4-3-5-9-14/h3-13,21-23,25H,1-2H3/t21-,22+,23+,25+/m0/s1. The molecule has 2 bridgehead atoms. The minimum Gasteiger partial charge on any atom is -0.493 e. The number of nitro groups is 1. The first-order chi connectivity index (χ1) is 15.5. The molecule has 0 saturated heterocycles. The van der Waals surface area contributed by atoms with Crippen molar-refractivity contribution in [2.24, 2.45) is 0 Å². The summed E-state index contributed by atoms with van der Waals surface area (Å²) in [7, 11) is 3.03. The molecule has 7 nitrogen and oxygen atoms in total. The molecule has 3 aromatic carbocycles. The van der Waals surface area contributed by atoms with Crippen LogP contribution in [0.2, 0.25) is 0 Å². The highest BCUT2D eigenvalue weighted by molar-refractivity contribution is 6.02. The highest BCUT2D eigenvalue weighted by atomic mass is 16.6. The Hall–Kier alpha value is -3.87. The van der Waals surface area contributed by atoms with Gasteiger partial charge in [-0.2, -0.15) is 0 Å². The molecule has 5 rings (SSSR count). The van der Waals surface area contributed by atoms with E-state index in [9.17, 15) is 14.9 Å². The lowest BCUT2D eigenvalue weighted by Gasteiger charge is -2.43. The van der Waals surface area contributed by atoms with Gasteiger partial charge in [-0.25, -0.2) is 0 Å². The van der Waals surface area contributed by atoms with Gasteiger partial charge in [-0.15, -0.1) is 0 Å². The second kappa shape index (κ2) is 7.67. The van der Waals surface area contributed by atoms with Gasteiger partial charge >= 0.3 is 0 Å². The van der Waals surface area contributed by atoms with E-state index in [2.05, 4.69) is 0 Å². The van der Waals surface area contributed by atoms with Gasteiger partial charge in [-0.3, -0.25) is 14.9 Å². The third-order valence-corrected chi connectivity index (χ3v) is 6.38. The van der Waals surface area contributed by atoms with E-state index in [1.54, 1.807) is 42.5 Å². The van der Waals surface area contributed by atoms with Crippen molar-refractivity contribution in [2.75, 3.05) is 14.2 Å². The summed E-state index contributed by atoms with van der Waals surface area (Å²) < 4.78 is 17.1. The molecule has 0 aromatic heterocycles. The molecule has 1 heterocycles. The zero-order chi connectivity index (χ0) is 22.4. The summed E-state index contributed by atoms with van der Waals surface area (Å²) in [4.78, 5) is 25.9. The second-order valence-electron chi connectivity index (χ2n) is 7.92. The fraction of sp³-hybridized carbons (Fsp3) is 0.240. The number of benzene rings is 3. The van der Waals surface area contributed by atoms with Gasteiger partial charge in [0.05, 0.1) is 26.1 Å². The molecule has 0 spiro atoms. The van der Waals surface area contributed by atoms with Gasteiger partial charge in [0, 0.05) is 21.6 Å². The highest BCUT2D eigenvalue weighted by Crippen LogP contribution is 2.57. The molecular weight excluding hydrogens is 410 g/mol. The largest absolute Gasteiger partial charge is 0.493 e. The number of Topliss-reactive ketones (excluding diaryl/α,β-unsaturated/α-hetero) is 1. The maximum Gasteiger partial charge on any atom is 0.261 e. The molecule has 4 atom stereocenters. The van der Waals surface area contributed by atoms with Crippen molar-refractivity contribution in [3.63, 3.8) is 0 Å². The molecule has 0 amide bonds. The summed E-state index contributed by atoms with van der Waals surface area (Å²) in [5.41, 5.74) is 2.41. The number of nitrogens with zero attached hydrogens (tertiary/aromatic N) is 1. The molecule has 1 aliphatic carbocycles. The Balaban J connectivity index is 1.81. The number of hydrogen-bond donors (Lipinski definition) is 0. The van der Waals surface area contributed by atoms with E-state index in [0.717, 1.165) is 0 Å². The first-order valence-electron chi connectivity index (χ1n) is 10.3. The van der Waals surface area contributed by atoms with Gasteiger partial charge in [0.1, 0.15) is 5.75 Å². The van der Waals surface area contributed by atoms with Crippen molar-refractivity contribution < 1.29 is 23.9 Å². The van der Waals surface area contributed by atoms with Crippen LogP contribution in [-0.2, 0) is 0 Å². The first-order valence-corrected chi connectivity index (χ1v) is 10.3. The van der Waals surface area contributed by atoms with E-state index in [-0.39, 0.29) is 10.7 Å². The average molecular weight is 431 g/mol. The second-order valence-corrected chi connectivity index (χ2v) is 7.92. The molecule has 0 saturated carbocycles. The normalized spacial score (nSPS) is 22.7. The molecule has 162 valence electrons. The van der Waals surface area contributed by atoms with E-state index in [0.29, 0.717) is 39.5 Å². The maximum absolute atomic E-state index is 13.9. The predicted octanol–water partition coefficient (Wildman–Crippen LogP) is 4.55. The third-order valence-electron chi connectivity index (χ3n) is 6.38. The molecule has 7 heteroatoms. The number of carbonyl (C=O) groups is 1. The van der Waals surface area contributed by atoms with Gasteiger partial charge < -0.3 is 14.2 Å². The van der Waals surface area contributed by atoms with Gasteiger partial charge in [0.25, 0.3) is 6.04 Å². The van der Waals surface area contributed by atoms with E-state index in [4.69, 9.17) is 14.2 Å². The average Bonchev–Trinajstić information content (AvgIpc) is 2.83. The summed E-state index contributed by atoms with van der Waals surface area (Å²) >= 11 is 0. The first kappa shape index (κ1) is 20.1. The summed E-state index contributed by atoms with van der Waals surface area (Å²) in [5.74, 6) is -0.177. The van der Waals surface area contributed by atoms with Crippen molar-refractivity contribution in [3.8, 4) is 17.2 Å². The van der Waals surface area contributed by atoms with Crippen molar-refractivity contribution in [1.29, 1.82) is 0 Å². The quantitative estimate of drug-likeness (QED) is 0.335. The molecule has 3 aromatic rings. The fourth-order valence-corrected chi connectivity index (χ4v) is 5.01. The number of fused-ring (bicyclic) bond motifs is 6. The number of ketones is 1. The molecular formula is C25H21NO6. The fourth-order valence-electron chi connectivity index (χ4n) is 5.01. The summed E-state index contributed by atoms with van der Waals surface area (Å²) in [5, 5.41) is 12.3. The minimum atomic E-state index is -1.12. The molecule has 0 fully saturated rings. The molecule has 0 radical (unpaired) electrons. The van der Waals surface area contributed by atoms with E-state index >= 15 is 0 Å². The minimum absolute atomic E-state index is 0.175. The highest BCUT2D eigenvalue weighted by Gasteiger charge is 2.57. The van der Waals surface area contributed by atoms with Crippen LogP contribution < -0.4 is 14.2 Å². The summed E-state index contributed by atoms with van der Waals surface area (Å²) in [6, 6.07) is 18.5. The number of hydrogen-bond acceptors (Lipinski definition) is 6. The van der Waals surface area contributed by atoms with Crippen LogP contribution in [0.15, 0.2) is 66.7 Å². The Morgan fingerprint density at radius 2 is 1.53 bits per heavy atom. The topological polar surface area (TPSA) is 87.9 Å². The zero-order valence-corrected chi connectivity index (χ0v) is 17.6. The molecule has 32 heavy (non-hydrogen) atoms.